The van der Waals surface area contributed by atoms with Crippen LogP contribution in [0.2, 0.25) is 0 Å². The molecule has 0 unspecified atom stereocenters. The summed E-state index contributed by atoms with van der Waals surface area (Å²) in [6, 6.07) is 0. The van der Waals surface area contributed by atoms with Crippen LogP contribution in [0.3, 0.4) is 0 Å². The van der Waals surface area contributed by atoms with Gasteiger partial charge in [0, 0.05) is 19.3 Å². The molecule has 0 heterocycles. The second-order valence-corrected chi connectivity index (χ2v) is 18.8. The smallest absolute Gasteiger partial charge is 0.306 e. The molecule has 0 bridgehead atoms. The summed E-state index contributed by atoms with van der Waals surface area (Å²) >= 11 is 0. The van der Waals surface area contributed by atoms with E-state index in [1.54, 1.807) is 0 Å². The van der Waals surface area contributed by atoms with Crippen LogP contribution < -0.4 is 0 Å². The van der Waals surface area contributed by atoms with E-state index in [1.807, 2.05) is 0 Å². The number of allylic oxidation sites excluding steroid dienone is 6. The van der Waals surface area contributed by atoms with Gasteiger partial charge in [0.25, 0.3) is 0 Å². The van der Waals surface area contributed by atoms with Gasteiger partial charge in [0.2, 0.25) is 0 Å². The number of hydrogen-bond acceptors (Lipinski definition) is 6. The number of hydrogen-bond donors (Lipinski definition) is 0. The Morgan fingerprint density at radius 2 is 0.578 bits per heavy atom. The van der Waals surface area contributed by atoms with E-state index in [9.17, 15) is 14.4 Å². The lowest BCUT2D eigenvalue weighted by molar-refractivity contribution is -0.167. The number of carbonyl (C=O) groups excluding carboxylic acids is 3. The molecule has 0 aliphatic rings. The summed E-state index contributed by atoms with van der Waals surface area (Å²) in [5.74, 6) is -0.884. The predicted octanol–water partition coefficient (Wildman–Crippen LogP) is 18.5. The van der Waals surface area contributed by atoms with E-state index in [2.05, 4.69) is 57.2 Å². The summed E-state index contributed by atoms with van der Waals surface area (Å²) in [6.45, 7) is 6.61. The first kappa shape index (κ1) is 61.6. The summed E-state index contributed by atoms with van der Waals surface area (Å²) in [6.07, 6.45) is 62.7. The Morgan fingerprint density at radius 3 is 0.922 bits per heavy atom. The molecular formula is C58H106O6. The van der Waals surface area contributed by atoms with Gasteiger partial charge in [-0.3, -0.25) is 14.4 Å². The largest absolute Gasteiger partial charge is 0.462 e. The molecule has 1 atom stereocenters. The van der Waals surface area contributed by atoms with Crippen LogP contribution in [0.15, 0.2) is 36.5 Å². The van der Waals surface area contributed by atoms with Crippen molar-refractivity contribution < 1.29 is 28.6 Å². The van der Waals surface area contributed by atoms with Gasteiger partial charge in [-0.15, -0.1) is 0 Å². The first-order valence-corrected chi connectivity index (χ1v) is 28.0. The summed E-state index contributed by atoms with van der Waals surface area (Å²) in [5, 5.41) is 0. The molecule has 0 aliphatic heterocycles. The van der Waals surface area contributed by atoms with Crippen molar-refractivity contribution in [2.75, 3.05) is 13.2 Å². The van der Waals surface area contributed by atoms with Crippen molar-refractivity contribution in [3.05, 3.63) is 36.5 Å². The van der Waals surface area contributed by atoms with Gasteiger partial charge in [0.1, 0.15) is 13.2 Å². The summed E-state index contributed by atoms with van der Waals surface area (Å²) in [5.41, 5.74) is 0. The minimum Gasteiger partial charge on any atom is -0.462 e. The average Bonchev–Trinajstić information content (AvgIpc) is 3.29. The monoisotopic (exact) mass is 899 g/mol. The van der Waals surface area contributed by atoms with Gasteiger partial charge in [0.05, 0.1) is 0 Å². The van der Waals surface area contributed by atoms with Crippen molar-refractivity contribution in [2.24, 2.45) is 0 Å². The van der Waals surface area contributed by atoms with E-state index >= 15 is 0 Å². The normalized spacial score (nSPS) is 12.2. The molecule has 6 heteroatoms. The maximum Gasteiger partial charge on any atom is 0.306 e. The maximum atomic E-state index is 12.8. The molecule has 0 aliphatic carbocycles. The van der Waals surface area contributed by atoms with Gasteiger partial charge < -0.3 is 14.2 Å². The molecule has 0 aromatic carbocycles. The lowest BCUT2D eigenvalue weighted by Crippen LogP contribution is -2.30. The molecule has 0 fully saturated rings. The molecule has 0 amide bonds. The number of ether oxygens (including phenoxy) is 3. The van der Waals surface area contributed by atoms with Crippen LogP contribution in [0.4, 0.5) is 0 Å². The highest BCUT2D eigenvalue weighted by molar-refractivity contribution is 5.71. The molecule has 0 aromatic rings. The van der Waals surface area contributed by atoms with Crippen molar-refractivity contribution in [1.82, 2.24) is 0 Å². The summed E-state index contributed by atoms with van der Waals surface area (Å²) in [4.78, 5) is 38.1. The van der Waals surface area contributed by atoms with E-state index < -0.39 is 6.10 Å². The Morgan fingerprint density at radius 1 is 0.312 bits per heavy atom. The van der Waals surface area contributed by atoms with Crippen LogP contribution in [-0.4, -0.2) is 37.2 Å². The third-order valence-corrected chi connectivity index (χ3v) is 12.4. The van der Waals surface area contributed by atoms with Crippen LogP contribution in [0, 0.1) is 0 Å². The SMILES string of the molecule is CCCC/C=C\C/C=C\CCCCCCCC(=O)OC[C@H](COC(=O)CCCCCCC/C=C\CCCCCCCCC)OC(=O)CCCCCCCCCCCCCCCCCC. The molecule has 0 saturated heterocycles. The van der Waals surface area contributed by atoms with Crippen molar-refractivity contribution in [2.45, 2.75) is 303 Å². The first-order valence-electron chi connectivity index (χ1n) is 28.0. The van der Waals surface area contributed by atoms with E-state index in [0.717, 1.165) is 83.5 Å². The van der Waals surface area contributed by atoms with E-state index in [-0.39, 0.29) is 31.1 Å². The molecule has 6 nitrogen and oxygen atoms in total. The fourth-order valence-corrected chi connectivity index (χ4v) is 8.10. The van der Waals surface area contributed by atoms with Crippen molar-refractivity contribution in [3.63, 3.8) is 0 Å². The van der Waals surface area contributed by atoms with Crippen LogP contribution in [-0.2, 0) is 28.6 Å². The van der Waals surface area contributed by atoms with Crippen molar-refractivity contribution in [1.29, 1.82) is 0 Å². The van der Waals surface area contributed by atoms with Crippen molar-refractivity contribution in [3.8, 4) is 0 Å². The molecule has 0 radical (unpaired) electrons. The van der Waals surface area contributed by atoms with Crippen LogP contribution in [0.5, 0.6) is 0 Å². The second kappa shape index (κ2) is 53.2. The van der Waals surface area contributed by atoms with E-state index in [1.165, 1.54) is 173 Å². The Hall–Kier alpha value is -2.37. The Bertz CT molecular complexity index is 1080. The Kier molecular flexibility index (Phi) is 51.3. The molecule has 0 aromatic heterocycles. The number of carbonyl (C=O) groups is 3. The molecule has 0 spiro atoms. The number of unbranched alkanes of at least 4 members (excludes halogenated alkanes) is 34. The summed E-state index contributed by atoms with van der Waals surface area (Å²) in [7, 11) is 0. The summed E-state index contributed by atoms with van der Waals surface area (Å²) < 4.78 is 16.8. The molecule has 374 valence electrons. The highest BCUT2D eigenvalue weighted by atomic mass is 16.6. The fraction of sp³-hybridized carbons (Fsp3) is 0.845. The van der Waals surface area contributed by atoms with E-state index in [4.69, 9.17) is 14.2 Å². The highest BCUT2D eigenvalue weighted by Crippen LogP contribution is 2.16. The molecule has 64 heavy (non-hydrogen) atoms. The van der Waals surface area contributed by atoms with Gasteiger partial charge in [-0.25, -0.2) is 0 Å². The van der Waals surface area contributed by atoms with Gasteiger partial charge in [-0.1, -0.05) is 243 Å². The van der Waals surface area contributed by atoms with Gasteiger partial charge in [-0.05, 0) is 70.6 Å². The number of esters is 3. The van der Waals surface area contributed by atoms with Crippen LogP contribution in [0.1, 0.15) is 297 Å². The van der Waals surface area contributed by atoms with Gasteiger partial charge in [-0.2, -0.15) is 0 Å². The lowest BCUT2D eigenvalue weighted by atomic mass is 10.0. The Balaban J connectivity index is 4.37. The third kappa shape index (κ3) is 50.6. The molecule has 0 rings (SSSR count). The zero-order valence-electron chi connectivity index (χ0n) is 42.8. The maximum absolute atomic E-state index is 12.8. The van der Waals surface area contributed by atoms with Crippen LogP contribution in [0.25, 0.3) is 0 Å². The zero-order chi connectivity index (χ0) is 46.5. The second-order valence-electron chi connectivity index (χ2n) is 18.8. The van der Waals surface area contributed by atoms with E-state index in [0.29, 0.717) is 19.3 Å². The molecular weight excluding hydrogens is 793 g/mol. The minimum atomic E-state index is -0.778. The zero-order valence-corrected chi connectivity index (χ0v) is 42.8. The predicted molar refractivity (Wildman–Crippen MR) is 275 cm³/mol. The third-order valence-electron chi connectivity index (χ3n) is 12.4. The molecule has 0 N–H and O–H groups in total. The number of rotatable bonds is 51. The molecule has 0 saturated carbocycles. The Labute approximate surface area is 397 Å². The van der Waals surface area contributed by atoms with Crippen LogP contribution >= 0.6 is 0 Å². The quantitative estimate of drug-likeness (QED) is 0.0262. The minimum absolute atomic E-state index is 0.0778. The van der Waals surface area contributed by atoms with Crippen molar-refractivity contribution >= 4 is 17.9 Å². The lowest BCUT2D eigenvalue weighted by Gasteiger charge is -2.18. The highest BCUT2D eigenvalue weighted by Gasteiger charge is 2.19. The van der Waals surface area contributed by atoms with Gasteiger partial charge >= 0.3 is 17.9 Å². The fourth-order valence-electron chi connectivity index (χ4n) is 8.10. The van der Waals surface area contributed by atoms with Gasteiger partial charge in [0.15, 0.2) is 6.10 Å². The topological polar surface area (TPSA) is 78.9 Å². The standard InChI is InChI=1S/C58H106O6/c1-4-7-10-13-16-19-22-25-28-30-33-36-39-42-45-48-51-57(60)63-54-55(53-62-56(59)50-47-44-41-38-35-32-27-24-21-18-15-12-9-6-3)64-58(61)52-49-46-43-40-37-34-31-29-26-23-20-17-14-11-8-5-2/h15,18,24,27-28,30,55H,4-14,16-17,19-23,25-26,29,31-54H2,1-3H3/b18-15-,27-24-,30-28-/t55-/m1/s1. The first-order chi connectivity index (χ1) is 31.5. The average molecular weight is 899 g/mol.